The molecule has 0 atom stereocenters. The maximum absolute atomic E-state index is 13.5. The number of amides is 2. The lowest BCUT2D eigenvalue weighted by atomic mass is 10.1. The molecule has 1 heterocycles. The summed E-state index contributed by atoms with van der Waals surface area (Å²) < 4.78 is 13.5. The van der Waals surface area contributed by atoms with E-state index in [2.05, 4.69) is 15.5 Å². The molecule has 2 aromatic rings. The predicted octanol–water partition coefficient (Wildman–Crippen LogP) is 3.39. The molecule has 0 aliphatic carbocycles. The molecule has 0 saturated carbocycles. The Morgan fingerprint density at radius 3 is 2.16 bits per heavy atom. The number of hydrogen-bond donors (Lipinski definition) is 2. The summed E-state index contributed by atoms with van der Waals surface area (Å²) >= 11 is 0. The van der Waals surface area contributed by atoms with Crippen molar-refractivity contribution in [3.63, 3.8) is 0 Å². The predicted molar refractivity (Wildman–Crippen MR) is 96.2 cm³/mol. The second-order valence-corrected chi connectivity index (χ2v) is 5.98. The van der Waals surface area contributed by atoms with Gasteiger partial charge in [-0.2, -0.15) is 0 Å². The van der Waals surface area contributed by atoms with Crippen molar-refractivity contribution in [2.45, 2.75) is 19.3 Å². The smallest absolute Gasteiger partial charge is 0.314 e. The zero-order chi connectivity index (χ0) is 17.6. The highest BCUT2D eigenvalue weighted by atomic mass is 19.1. The van der Waals surface area contributed by atoms with E-state index in [1.165, 1.54) is 37.5 Å². The highest BCUT2D eigenvalue weighted by Gasteiger charge is 2.16. The van der Waals surface area contributed by atoms with Gasteiger partial charge in [0.25, 0.3) is 0 Å². The molecule has 0 radical (unpaired) electrons. The molecule has 0 aromatic heterocycles. The molecular formula is C19H20FN3O2. The Hall–Kier alpha value is -2.89. The Labute approximate surface area is 145 Å². The Morgan fingerprint density at radius 1 is 0.840 bits per heavy atom. The van der Waals surface area contributed by atoms with E-state index in [9.17, 15) is 14.0 Å². The van der Waals surface area contributed by atoms with Gasteiger partial charge in [-0.3, -0.25) is 9.59 Å². The summed E-state index contributed by atoms with van der Waals surface area (Å²) in [5.41, 5.74) is 1.60. The first-order valence-corrected chi connectivity index (χ1v) is 8.35. The van der Waals surface area contributed by atoms with Crippen LogP contribution < -0.4 is 15.5 Å². The van der Waals surface area contributed by atoms with E-state index in [-0.39, 0.29) is 5.69 Å². The maximum Gasteiger partial charge on any atom is 0.314 e. The van der Waals surface area contributed by atoms with Crippen molar-refractivity contribution in [1.82, 2.24) is 0 Å². The van der Waals surface area contributed by atoms with Gasteiger partial charge in [0, 0.05) is 24.5 Å². The zero-order valence-electron chi connectivity index (χ0n) is 13.8. The van der Waals surface area contributed by atoms with Gasteiger partial charge in [-0.15, -0.1) is 0 Å². The lowest BCUT2D eigenvalue weighted by Gasteiger charge is -2.28. The summed E-state index contributed by atoms with van der Waals surface area (Å²) in [5.74, 6) is -2.34. The summed E-state index contributed by atoms with van der Waals surface area (Å²) in [6.07, 6.45) is 3.64. The van der Waals surface area contributed by atoms with Crippen LogP contribution >= 0.6 is 0 Å². The largest absolute Gasteiger partial charge is 0.372 e. The third kappa shape index (κ3) is 4.35. The Kier molecular flexibility index (Phi) is 5.28. The lowest BCUT2D eigenvalue weighted by molar-refractivity contribution is -0.133. The van der Waals surface area contributed by atoms with Crippen molar-refractivity contribution in [2.24, 2.45) is 0 Å². The number of para-hydroxylation sites is 1. The zero-order valence-corrected chi connectivity index (χ0v) is 13.8. The van der Waals surface area contributed by atoms with Crippen molar-refractivity contribution < 1.29 is 14.0 Å². The van der Waals surface area contributed by atoms with Crippen LogP contribution in [0.4, 0.5) is 21.5 Å². The van der Waals surface area contributed by atoms with Gasteiger partial charge in [-0.1, -0.05) is 12.1 Å². The van der Waals surface area contributed by atoms with Crippen molar-refractivity contribution >= 4 is 28.9 Å². The molecule has 0 bridgehead atoms. The fraction of sp³-hybridized carbons (Fsp3) is 0.263. The molecule has 130 valence electrons. The molecule has 1 fully saturated rings. The van der Waals surface area contributed by atoms with E-state index >= 15 is 0 Å². The van der Waals surface area contributed by atoms with Crippen LogP contribution in [0.5, 0.6) is 0 Å². The number of carbonyl (C=O) groups is 2. The topological polar surface area (TPSA) is 61.4 Å². The highest BCUT2D eigenvalue weighted by molar-refractivity contribution is 6.43. The number of hydrogen-bond acceptors (Lipinski definition) is 3. The molecule has 0 unspecified atom stereocenters. The van der Waals surface area contributed by atoms with Crippen molar-refractivity contribution in [3.05, 3.63) is 54.3 Å². The molecule has 1 aliphatic rings. The molecular weight excluding hydrogens is 321 g/mol. The first-order valence-electron chi connectivity index (χ1n) is 8.35. The monoisotopic (exact) mass is 341 g/mol. The van der Waals surface area contributed by atoms with Gasteiger partial charge in [0.1, 0.15) is 5.82 Å². The molecule has 1 saturated heterocycles. The molecule has 25 heavy (non-hydrogen) atoms. The molecule has 5 nitrogen and oxygen atoms in total. The molecule has 6 heteroatoms. The standard InChI is InChI=1S/C19H20FN3O2/c20-16-6-2-3-7-17(16)22-19(25)18(24)21-14-8-10-15(11-9-14)23-12-4-1-5-13-23/h2-3,6-11H,1,4-5,12-13H2,(H,21,24)(H,22,25). The molecule has 2 aromatic carbocycles. The average Bonchev–Trinajstić information content (AvgIpc) is 2.65. The summed E-state index contributed by atoms with van der Waals surface area (Å²) in [7, 11) is 0. The molecule has 1 aliphatic heterocycles. The van der Waals surface area contributed by atoms with E-state index in [1.54, 1.807) is 18.2 Å². The van der Waals surface area contributed by atoms with Gasteiger partial charge >= 0.3 is 11.8 Å². The number of rotatable bonds is 3. The van der Waals surface area contributed by atoms with Crippen LogP contribution in [0.2, 0.25) is 0 Å². The highest BCUT2D eigenvalue weighted by Crippen LogP contribution is 2.21. The van der Waals surface area contributed by atoms with Crippen molar-refractivity contribution in [1.29, 1.82) is 0 Å². The van der Waals surface area contributed by atoms with Gasteiger partial charge in [-0.05, 0) is 55.7 Å². The Morgan fingerprint density at radius 2 is 1.48 bits per heavy atom. The van der Waals surface area contributed by atoms with Crippen LogP contribution in [0, 0.1) is 5.82 Å². The van der Waals surface area contributed by atoms with E-state index < -0.39 is 17.6 Å². The third-order valence-electron chi connectivity index (χ3n) is 4.17. The van der Waals surface area contributed by atoms with Crippen LogP contribution in [-0.4, -0.2) is 24.9 Å². The van der Waals surface area contributed by atoms with Crippen molar-refractivity contribution in [3.8, 4) is 0 Å². The minimum Gasteiger partial charge on any atom is -0.372 e. The second kappa shape index (κ2) is 7.79. The summed E-state index contributed by atoms with van der Waals surface area (Å²) in [6, 6.07) is 13.1. The number of carbonyl (C=O) groups excluding carboxylic acids is 2. The van der Waals surface area contributed by atoms with E-state index in [0.717, 1.165) is 18.8 Å². The fourth-order valence-electron chi connectivity index (χ4n) is 2.84. The first-order chi connectivity index (χ1) is 12.1. The van der Waals surface area contributed by atoms with E-state index in [4.69, 9.17) is 0 Å². The number of anilines is 3. The van der Waals surface area contributed by atoms with Gasteiger partial charge in [0.05, 0.1) is 5.69 Å². The minimum atomic E-state index is -0.912. The molecule has 3 rings (SSSR count). The van der Waals surface area contributed by atoms with E-state index in [1.807, 2.05) is 12.1 Å². The van der Waals surface area contributed by atoms with Gasteiger partial charge in [0.2, 0.25) is 0 Å². The summed E-state index contributed by atoms with van der Waals surface area (Å²) in [4.78, 5) is 26.1. The van der Waals surface area contributed by atoms with Gasteiger partial charge < -0.3 is 15.5 Å². The number of halogens is 1. The van der Waals surface area contributed by atoms with Crippen LogP contribution in [0.25, 0.3) is 0 Å². The third-order valence-corrected chi connectivity index (χ3v) is 4.17. The second-order valence-electron chi connectivity index (χ2n) is 5.98. The van der Waals surface area contributed by atoms with Crippen LogP contribution in [-0.2, 0) is 9.59 Å². The molecule has 2 amide bonds. The van der Waals surface area contributed by atoms with Crippen LogP contribution in [0.15, 0.2) is 48.5 Å². The van der Waals surface area contributed by atoms with Crippen LogP contribution in [0.1, 0.15) is 19.3 Å². The maximum atomic E-state index is 13.5. The Bertz CT molecular complexity index is 756. The molecule has 0 spiro atoms. The number of nitrogens with one attached hydrogen (secondary N) is 2. The number of benzene rings is 2. The normalized spacial score (nSPS) is 14.0. The fourth-order valence-corrected chi connectivity index (χ4v) is 2.84. The lowest BCUT2D eigenvalue weighted by Crippen LogP contribution is -2.30. The quantitative estimate of drug-likeness (QED) is 0.841. The minimum absolute atomic E-state index is 0.0249. The SMILES string of the molecule is O=C(Nc1ccc(N2CCCCC2)cc1)C(=O)Nc1ccccc1F. The van der Waals surface area contributed by atoms with Crippen molar-refractivity contribution in [2.75, 3.05) is 28.6 Å². The van der Waals surface area contributed by atoms with E-state index in [0.29, 0.717) is 5.69 Å². The van der Waals surface area contributed by atoms with Gasteiger partial charge in [-0.25, -0.2) is 4.39 Å². The summed E-state index contributed by atoms with van der Waals surface area (Å²) in [6.45, 7) is 2.08. The average molecular weight is 341 g/mol. The van der Waals surface area contributed by atoms with Gasteiger partial charge in [0.15, 0.2) is 0 Å². The first kappa shape index (κ1) is 17.0. The summed E-state index contributed by atoms with van der Waals surface area (Å²) in [5, 5.41) is 4.78. The number of piperidine rings is 1. The molecule has 2 N–H and O–H groups in total. The van der Waals surface area contributed by atoms with Crippen LogP contribution in [0.3, 0.4) is 0 Å². The Balaban J connectivity index is 1.58. The number of nitrogens with zero attached hydrogens (tertiary/aromatic N) is 1.